The van der Waals surface area contributed by atoms with E-state index in [-0.39, 0.29) is 6.42 Å². The lowest BCUT2D eigenvalue weighted by Crippen LogP contribution is -2.10. The molecule has 0 radical (unpaired) electrons. The maximum absolute atomic E-state index is 9.99. The maximum atomic E-state index is 9.99. The zero-order valence-corrected chi connectivity index (χ0v) is 4.82. The molecule has 0 aromatic carbocycles. The Hall–Kier alpha value is -0.805. The Bertz CT molecular complexity index is 123. The van der Waals surface area contributed by atoms with Crippen LogP contribution in [0, 0.1) is 0 Å². The van der Waals surface area contributed by atoms with Crippen LogP contribution >= 0.6 is 0 Å². The van der Waals surface area contributed by atoms with Crippen molar-refractivity contribution >= 4 is 13.0 Å². The smallest absolute Gasteiger partial charge is 0.424 e. The van der Waals surface area contributed by atoms with Gasteiger partial charge in [-0.05, 0) is 0 Å². The first-order valence-electron chi connectivity index (χ1n) is 2.44. The summed E-state index contributed by atoms with van der Waals surface area (Å²) in [6.45, 7) is 0. The molecule has 5 heteroatoms. The SMILES string of the molecule is NC(=O)C/C=C/B(O)O. The number of hydrogen-bond acceptors (Lipinski definition) is 3. The average molecular weight is 129 g/mol. The van der Waals surface area contributed by atoms with Crippen LogP contribution in [0.4, 0.5) is 0 Å². The lowest BCUT2D eigenvalue weighted by Gasteiger charge is -1.84. The van der Waals surface area contributed by atoms with Gasteiger partial charge in [0.15, 0.2) is 0 Å². The molecule has 0 aliphatic heterocycles. The van der Waals surface area contributed by atoms with E-state index in [1.54, 1.807) is 0 Å². The van der Waals surface area contributed by atoms with Gasteiger partial charge in [0.05, 0.1) is 0 Å². The number of rotatable bonds is 3. The van der Waals surface area contributed by atoms with Crippen LogP contribution in [-0.2, 0) is 4.79 Å². The van der Waals surface area contributed by atoms with Crippen molar-refractivity contribution in [2.75, 3.05) is 0 Å². The van der Waals surface area contributed by atoms with Crippen molar-refractivity contribution in [3.8, 4) is 0 Å². The van der Waals surface area contributed by atoms with Crippen LogP contribution in [-0.4, -0.2) is 23.1 Å². The monoisotopic (exact) mass is 129 g/mol. The molecule has 0 saturated carbocycles. The van der Waals surface area contributed by atoms with Gasteiger partial charge in [-0.25, -0.2) is 0 Å². The van der Waals surface area contributed by atoms with Crippen LogP contribution in [0.15, 0.2) is 12.1 Å². The van der Waals surface area contributed by atoms with Gasteiger partial charge in [-0.15, -0.1) is 0 Å². The zero-order chi connectivity index (χ0) is 7.28. The molecule has 0 bridgehead atoms. The molecule has 0 aromatic rings. The molecular weight excluding hydrogens is 121 g/mol. The van der Waals surface area contributed by atoms with E-state index >= 15 is 0 Å². The van der Waals surface area contributed by atoms with Crippen LogP contribution in [0.1, 0.15) is 6.42 Å². The zero-order valence-electron chi connectivity index (χ0n) is 4.82. The standard InChI is InChI=1S/C4H8BNO3/c6-4(7)2-1-3-5(8)9/h1,3,8-9H,2H2,(H2,6,7)/b3-1+. The summed E-state index contributed by atoms with van der Waals surface area (Å²) < 4.78 is 0. The van der Waals surface area contributed by atoms with Crippen LogP contribution in [0.5, 0.6) is 0 Å². The van der Waals surface area contributed by atoms with E-state index in [0.717, 1.165) is 5.98 Å². The largest absolute Gasteiger partial charge is 0.480 e. The highest BCUT2D eigenvalue weighted by Gasteiger charge is 1.97. The maximum Gasteiger partial charge on any atom is 0.480 e. The minimum absolute atomic E-state index is 0.0393. The predicted octanol–water partition coefficient (Wildman–Crippen LogP) is -1.57. The van der Waals surface area contributed by atoms with E-state index < -0.39 is 13.0 Å². The highest BCUT2D eigenvalue weighted by atomic mass is 16.4. The normalized spacial score (nSPS) is 10.0. The third kappa shape index (κ3) is 7.19. The quantitative estimate of drug-likeness (QED) is 0.402. The second-order valence-corrected chi connectivity index (χ2v) is 1.51. The van der Waals surface area contributed by atoms with E-state index in [1.165, 1.54) is 6.08 Å². The molecular formula is C4H8BNO3. The highest BCUT2D eigenvalue weighted by molar-refractivity contribution is 6.47. The first-order chi connectivity index (χ1) is 4.13. The molecule has 0 aliphatic rings. The van der Waals surface area contributed by atoms with Crippen LogP contribution in [0.25, 0.3) is 0 Å². The molecule has 9 heavy (non-hydrogen) atoms. The number of carbonyl (C=O) groups is 1. The van der Waals surface area contributed by atoms with Crippen molar-refractivity contribution in [2.45, 2.75) is 6.42 Å². The Kier molecular flexibility index (Phi) is 3.74. The molecule has 0 saturated heterocycles. The third-order valence-electron chi connectivity index (χ3n) is 0.627. The lowest BCUT2D eigenvalue weighted by molar-refractivity contribution is -0.117. The Morgan fingerprint density at radius 3 is 2.56 bits per heavy atom. The van der Waals surface area contributed by atoms with Crippen LogP contribution in [0.2, 0.25) is 0 Å². The van der Waals surface area contributed by atoms with Gasteiger partial charge in [-0.1, -0.05) is 12.1 Å². The number of hydrogen-bond donors (Lipinski definition) is 3. The predicted molar refractivity (Wildman–Crippen MR) is 33.1 cm³/mol. The van der Waals surface area contributed by atoms with E-state index in [4.69, 9.17) is 15.8 Å². The summed E-state index contributed by atoms with van der Waals surface area (Å²) in [5.74, 6) is 0.581. The Balaban J connectivity index is 3.36. The molecule has 0 fully saturated rings. The van der Waals surface area contributed by atoms with Crippen molar-refractivity contribution in [1.82, 2.24) is 0 Å². The van der Waals surface area contributed by atoms with E-state index in [9.17, 15) is 4.79 Å². The average Bonchev–Trinajstić information content (AvgIpc) is 1.63. The first-order valence-corrected chi connectivity index (χ1v) is 2.44. The minimum Gasteiger partial charge on any atom is -0.424 e. The van der Waals surface area contributed by atoms with Gasteiger partial charge in [-0.2, -0.15) is 0 Å². The lowest BCUT2D eigenvalue weighted by atomic mass is 9.91. The van der Waals surface area contributed by atoms with E-state index in [0.29, 0.717) is 0 Å². The molecule has 4 N–H and O–H groups in total. The van der Waals surface area contributed by atoms with Gasteiger partial charge < -0.3 is 15.8 Å². The molecule has 0 rings (SSSR count). The number of primary amides is 1. The van der Waals surface area contributed by atoms with Gasteiger partial charge >= 0.3 is 7.12 Å². The first kappa shape index (κ1) is 8.19. The molecule has 1 amide bonds. The molecule has 4 nitrogen and oxygen atoms in total. The Morgan fingerprint density at radius 1 is 1.67 bits per heavy atom. The van der Waals surface area contributed by atoms with Gasteiger partial charge in [0, 0.05) is 6.42 Å². The fourth-order valence-corrected chi connectivity index (χ4v) is 0.306. The number of nitrogens with two attached hydrogens (primary N) is 1. The summed E-state index contributed by atoms with van der Waals surface area (Å²) in [6.07, 6.45) is 1.34. The summed E-state index contributed by atoms with van der Waals surface area (Å²) >= 11 is 0. The van der Waals surface area contributed by atoms with Crippen LogP contribution in [0.3, 0.4) is 0 Å². The molecule has 0 aliphatic carbocycles. The Morgan fingerprint density at radius 2 is 2.22 bits per heavy atom. The number of amides is 1. The highest BCUT2D eigenvalue weighted by Crippen LogP contribution is 1.80. The van der Waals surface area contributed by atoms with Crippen LogP contribution < -0.4 is 5.73 Å². The topological polar surface area (TPSA) is 83.6 Å². The second kappa shape index (κ2) is 4.11. The van der Waals surface area contributed by atoms with Gasteiger partial charge in [0.25, 0.3) is 0 Å². The van der Waals surface area contributed by atoms with Crippen molar-refractivity contribution in [3.05, 3.63) is 12.1 Å². The molecule has 0 heterocycles. The Labute approximate surface area is 53.1 Å². The van der Waals surface area contributed by atoms with E-state index in [1.807, 2.05) is 0 Å². The second-order valence-electron chi connectivity index (χ2n) is 1.51. The van der Waals surface area contributed by atoms with Crippen molar-refractivity contribution in [3.63, 3.8) is 0 Å². The molecule has 0 spiro atoms. The van der Waals surface area contributed by atoms with Gasteiger partial charge in [0.1, 0.15) is 0 Å². The van der Waals surface area contributed by atoms with Crippen molar-refractivity contribution in [2.24, 2.45) is 5.73 Å². The molecule has 50 valence electrons. The van der Waals surface area contributed by atoms with Gasteiger partial charge in [0.2, 0.25) is 5.91 Å². The summed E-state index contributed by atoms with van der Waals surface area (Å²) in [6, 6.07) is 0. The van der Waals surface area contributed by atoms with E-state index in [2.05, 4.69) is 0 Å². The minimum atomic E-state index is -1.50. The van der Waals surface area contributed by atoms with Gasteiger partial charge in [-0.3, -0.25) is 4.79 Å². The van der Waals surface area contributed by atoms with Crippen molar-refractivity contribution < 1.29 is 14.8 Å². The summed E-state index contributed by atoms with van der Waals surface area (Å²) in [5, 5.41) is 16.4. The summed E-state index contributed by atoms with van der Waals surface area (Å²) in [4.78, 5) is 9.99. The summed E-state index contributed by atoms with van der Waals surface area (Å²) in [7, 11) is -1.50. The third-order valence-corrected chi connectivity index (χ3v) is 0.627. The number of carbonyl (C=O) groups excluding carboxylic acids is 1. The van der Waals surface area contributed by atoms with Crippen molar-refractivity contribution in [1.29, 1.82) is 0 Å². The molecule has 0 atom stereocenters. The fourth-order valence-electron chi connectivity index (χ4n) is 0.306. The fraction of sp³-hybridized carbons (Fsp3) is 0.250. The molecule has 0 unspecified atom stereocenters. The summed E-state index contributed by atoms with van der Waals surface area (Å²) in [5.41, 5.74) is 4.73. The molecule has 0 aromatic heterocycles.